The molecule has 0 bridgehead atoms. The second kappa shape index (κ2) is 5.52. The Morgan fingerprint density at radius 1 is 1.40 bits per heavy atom. The summed E-state index contributed by atoms with van der Waals surface area (Å²) in [5, 5.41) is 2.36. The van der Waals surface area contributed by atoms with Gasteiger partial charge >= 0.3 is 6.18 Å². The smallest absolute Gasteiger partial charge is 0.389 e. The zero-order valence-corrected chi connectivity index (χ0v) is 10.8. The van der Waals surface area contributed by atoms with Gasteiger partial charge in [0.15, 0.2) is 5.58 Å². The Bertz CT molecular complexity index is 620. The molecule has 0 fully saturated rings. The van der Waals surface area contributed by atoms with Crippen molar-refractivity contribution in [3.05, 3.63) is 29.7 Å². The summed E-state index contributed by atoms with van der Waals surface area (Å²) < 4.78 is 41.3. The molecular formula is C13H13F3N2O2. The molecule has 1 amide bonds. The molecule has 1 aromatic heterocycles. The van der Waals surface area contributed by atoms with Crippen LogP contribution in [0.15, 0.2) is 22.6 Å². The highest BCUT2D eigenvalue weighted by molar-refractivity contribution is 5.77. The van der Waals surface area contributed by atoms with Crippen molar-refractivity contribution >= 4 is 17.0 Å². The number of hydrogen-bond donors (Lipinski definition) is 1. The molecule has 0 radical (unpaired) electrons. The van der Waals surface area contributed by atoms with Crippen molar-refractivity contribution in [1.82, 2.24) is 10.3 Å². The number of nitrogens with one attached hydrogen (secondary N) is 1. The van der Waals surface area contributed by atoms with Gasteiger partial charge in [-0.15, -0.1) is 0 Å². The van der Waals surface area contributed by atoms with E-state index in [2.05, 4.69) is 10.3 Å². The van der Waals surface area contributed by atoms with Crippen LogP contribution in [-0.4, -0.2) is 17.1 Å². The molecular weight excluding hydrogens is 273 g/mol. The van der Waals surface area contributed by atoms with Crippen molar-refractivity contribution in [2.75, 3.05) is 0 Å². The summed E-state index contributed by atoms with van der Waals surface area (Å²) in [5.41, 5.74) is 2.21. The molecule has 108 valence electrons. The first-order valence-electron chi connectivity index (χ1n) is 6.03. The summed E-state index contributed by atoms with van der Waals surface area (Å²) in [4.78, 5) is 15.5. The van der Waals surface area contributed by atoms with Crippen LogP contribution >= 0.6 is 0 Å². The van der Waals surface area contributed by atoms with E-state index >= 15 is 0 Å². The first kappa shape index (κ1) is 14.4. The van der Waals surface area contributed by atoms with Gasteiger partial charge in [-0.05, 0) is 18.6 Å². The van der Waals surface area contributed by atoms with Crippen molar-refractivity contribution in [3.8, 4) is 0 Å². The van der Waals surface area contributed by atoms with E-state index in [-0.39, 0.29) is 12.4 Å². The Morgan fingerprint density at radius 2 is 2.15 bits per heavy atom. The highest BCUT2D eigenvalue weighted by Gasteiger charge is 2.27. The lowest BCUT2D eigenvalue weighted by Gasteiger charge is -2.05. The zero-order chi connectivity index (χ0) is 14.8. The van der Waals surface area contributed by atoms with Crippen LogP contribution in [0.4, 0.5) is 13.2 Å². The second-order valence-corrected chi connectivity index (χ2v) is 4.42. The van der Waals surface area contributed by atoms with E-state index in [0.717, 1.165) is 5.56 Å². The van der Waals surface area contributed by atoms with Crippen LogP contribution in [0.5, 0.6) is 0 Å². The lowest BCUT2D eigenvalue weighted by molar-refractivity contribution is -0.144. The van der Waals surface area contributed by atoms with Crippen molar-refractivity contribution in [3.63, 3.8) is 0 Å². The predicted octanol–water partition coefficient (Wildman–Crippen LogP) is 3.09. The van der Waals surface area contributed by atoms with Crippen LogP contribution in [0.2, 0.25) is 0 Å². The van der Waals surface area contributed by atoms with Crippen LogP contribution in [0.1, 0.15) is 24.3 Å². The van der Waals surface area contributed by atoms with Crippen molar-refractivity contribution in [2.24, 2.45) is 0 Å². The number of carbonyl (C=O) groups is 1. The highest BCUT2D eigenvalue weighted by Crippen LogP contribution is 2.21. The molecule has 20 heavy (non-hydrogen) atoms. The number of hydrogen-bond acceptors (Lipinski definition) is 3. The fourth-order valence-electron chi connectivity index (χ4n) is 1.73. The van der Waals surface area contributed by atoms with Gasteiger partial charge in [0.2, 0.25) is 11.8 Å². The number of amides is 1. The number of benzene rings is 1. The third kappa shape index (κ3) is 3.72. The van der Waals surface area contributed by atoms with Crippen molar-refractivity contribution < 1.29 is 22.4 Å². The number of fused-ring (bicyclic) bond motifs is 1. The Hall–Kier alpha value is -2.05. The minimum absolute atomic E-state index is 0.0230. The molecule has 0 spiro atoms. The van der Waals surface area contributed by atoms with Crippen LogP contribution in [0, 0.1) is 6.92 Å². The molecule has 1 N–H and O–H groups in total. The molecule has 0 atom stereocenters. The zero-order valence-electron chi connectivity index (χ0n) is 10.8. The molecule has 1 heterocycles. The third-order valence-electron chi connectivity index (χ3n) is 2.74. The largest absolute Gasteiger partial charge is 0.439 e. The number of alkyl halides is 3. The molecule has 2 rings (SSSR count). The van der Waals surface area contributed by atoms with Gasteiger partial charge in [0.05, 0.1) is 13.0 Å². The van der Waals surface area contributed by atoms with Crippen molar-refractivity contribution in [2.45, 2.75) is 32.5 Å². The van der Waals surface area contributed by atoms with Gasteiger partial charge in [0, 0.05) is 6.42 Å². The summed E-state index contributed by atoms with van der Waals surface area (Å²) >= 11 is 0. The molecule has 0 unspecified atom stereocenters. The number of aromatic nitrogens is 1. The van der Waals surface area contributed by atoms with E-state index in [9.17, 15) is 18.0 Å². The van der Waals surface area contributed by atoms with E-state index in [1.807, 2.05) is 19.1 Å². The van der Waals surface area contributed by atoms with E-state index < -0.39 is 24.9 Å². The van der Waals surface area contributed by atoms with Gasteiger partial charge in [-0.3, -0.25) is 4.79 Å². The van der Waals surface area contributed by atoms with Gasteiger partial charge in [0.1, 0.15) is 5.52 Å². The Kier molecular flexibility index (Phi) is 3.96. The fraction of sp³-hybridized carbons (Fsp3) is 0.385. The summed E-state index contributed by atoms with van der Waals surface area (Å²) in [6.07, 6.45) is -6.06. The predicted molar refractivity (Wildman–Crippen MR) is 65.9 cm³/mol. The minimum Gasteiger partial charge on any atom is -0.439 e. The second-order valence-electron chi connectivity index (χ2n) is 4.42. The van der Waals surface area contributed by atoms with Crippen LogP contribution in [0.3, 0.4) is 0 Å². The Morgan fingerprint density at radius 3 is 2.80 bits per heavy atom. The number of carbonyl (C=O) groups excluding carboxylic acids is 1. The molecule has 1 aromatic carbocycles. The topological polar surface area (TPSA) is 55.1 Å². The molecule has 4 nitrogen and oxygen atoms in total. The average Bonchev–Trinajstić information content (AvgIpc) is 2.77. The lowest BCUT2D eigenvalue weighted by Crippen LogP contribution is -2.24. The number of nitrogens with zero attached hydrogens (tertiary/aromatic N) is 1. The average molecular weight is 286 g/mol. The Balaban J connectivity index is 1.93. The molecule has 0 aliphatic rings. The third-order valence-corrected chi connectivity index (χ3v) is 2.74. The van der Waals surface area contributed by atoms with E-state index in [1.54, 1.807) is 6.07 Å². The van der Waals surface area contributed by atoms with Crippen LogP contribution < -0.4 is 5.32 Å². The Labute approximate surface area is 113 Å². The first-order chi connectivity index (χ1) is 9.35. The van der Waals surface area contributed by atoms with Gasteiger partial charge < -0.3 is 9.73 Å². The number of para-hydroxylation sites is 1. The fourth-order valence-corrected chi connectivity index (χ4v) is 1.73. The summed E-state index contributed by atoms with van der Waals surface area (Å²) in [5.74, 6) is -0.407. The monoisotopic (exact) mass is 286 g/mol. The first-order valence-corrected chi connectivity index (χ1v) is 6.03. The van der Waals surface area contributed by atoms with E-state index in [0.29, 0.717) is 11.1 Å². The van der Waals surface area contributed by atoms with E-state index in [4.69, 9.17) is 4.42 Å². The molecule has 0 saturated carbocycles. The number of oxazole rings is 1. The summed E-state index contributed by atoms with van der Waals surface area (Å²) in [6, 6.07) is 5.43. The standard InChI is InChI=1S/C13H13F3N2O2/c1-8-3-2-4-9-12(8)18-11(20-9)7-17-10(19)5-6-13(14,15)16/h2-4H,5-7H2,1H3,(H,17,19). The molecule has 7 heteroatoms. The molecule has 2 aromatic rings. The maximum atomic E-state index is 12.0. The summed E-state index contributed by atoms with van der Waals surface area (Å²) in [7, 11) is 0. The van der Waals surface area contributed by atoms with Gasteiger partial charge in [-0.1, -0.05) is 12.1 Å². The minimum atomic E-state index is -4.33. The highest BCUT2D eigenvalue weighted by atomic mass is 19.4. The maximum absolute atomic E-state index is 12.0. The molecule has 0 saturated heterocycles. The van der Waals surface area contributed by atoms with Crippen LogP contribution in [-0.2, 0) is 11.3 Å². The number of halogens is 3. The van der Waals surface area contributed by atoms with Gasteiger partial charge in [-0.25, -0.2) is 4.98 Å². The van der Waals surface area contributed by atoms with E-state index in [1.165, 1.54) is 0 Å². The van der Waals surface area contributed by atoms with Crippen LogP contribution in [0.25, 0.3) is 11.1 Å². The molecule has 0 aliphatic heterocycles. The van der Waals surface area contributed by atoms with Gasteiger partial charge in [0.25, 0.3) is 0 Å². The normalized spacial score (nSPS) is 11.8. The lowest BCUT2D eigenvalue weighted by atomic mass is 10.2. The number of aryl methyl sites for hydroxylation is 1. The summed E-state index contributed by atoms with van der Waals surface area (Å²) in [6.45, 7) is 1.85. The molecule has 0 aliphatic carbocycles. The SMILES string of the molecule is Cc1cccc2oc(CNC(=O)CCC(F)(F)F)nc12. The quantitative estimate of drug-likeness (QED) is 0.939. The van der Waals surface area contributed by atoms with Gasteiger partial charge in [-0.2, -0.15) is 13.2 Å². The van der Waals surface area contributed by atoms with Crippen molar-refractivity contribution in [1.29, 1.82) is 0 Å². The number of rotatable bonds is 4. The maximum Gasteiger partial charge on any atom is 0.389 e.